The third-order valence-corrected chi connectivity index (χ3v) is 4.12. The van der Waals surface area contributed by atoms with Gasteiger partial charge in [0.05, 0.1) is 0 Å². The average molecular weight is 278 g/mol. The van der Waals surface area contributed by atoms with E-state index in [1.165, 1.54) is 32.0 Å². The number of likely N-dealkylation sites (tertiary alicyclic amines) is 1. The Hall–Kier alpha value is -1.26. The number of aromatic hydroxyl groups is 2. The zero-order valence-corrected chi connectivity index (χ0v) is 12.3. The first-order valence-corrected chi connectivity index (χ1v) is 7.59. The van der Waals surface area contributed by atoms with E-state index in [1.807, 2.05) is 6.07 Å². The first-order valence-electron chi connectivity index (χ1n) is 7.59. The van der Waals surface area contributed by atoms with Crippen molar-refractivity contribution in [3.8, 4) is 11.5 Å². The minimum absolute atomic E-state index is 0.00924. The lowest BCUT2D eigenvalue weighted by Gasteiger charge is -2.30. The molecule has 0 bridgehead atoms. The smallest absolute Gasteiger partial charge is 0.161 e. The molecule has 0 saturated carbocycles. The van der Waals surface area contributed by atoms with Crippen molar-refractivity contribution in [3.05, 3.63) is 23.8 Å². The van der Waals surface area contributed by atoms with E-state index >= 15 is 0 Å². The lowest BCUT2D eigenvalue weighted by atomic mass is 9.99. The van der Waals surface area contributed by atoms with E-state index in [0.29, 0.717) is 6.54 Å². The van der Waals surface area contributed by atoms with Crippen LogP contribution in [0.4, 0.5) is 0 Å². The Morgan fingerprint density at radius 2 is 2.00 bits per heavy atom. The number of rotatable bonds is 6. The van der Waals surface area contributed by atoms with Crippen LogP contribution in [0.3, 0.4) is 0 Å². The number of nitrogens with one attached hydrogen (secondary N) is 1. The summed E-state index contributed by atoms with van der Waals surface area (Å²) in [5.41, 5.74) is 0.747. The van der Waals surface area contributed by atoms with E-state index in [1.54, 1.807) is 6.07 Å². The van der Waals surface area contributed by atoms with Gasteiger partial charge in [0, 0.05) is 12.1 Å². The fourth-order valence-corrected chi connectivity index (χ4v) is 2.66. The summed E-state index contributed by atoms with van der Waals surface area (Å²) in [5, 5.41) is 22.4. The van der Waals surface area contributed by atoms with E-state index in [4.69, 9.17) is 0 Å². The fraction of sp³-hybridized carbons (Fsp3) is 0.625. The predicted molar refractivity (Wildman–Crippen MR) is 80.9 cm³/mol. The molecular formula is C16H26N2O2. The molecule has 0 atom stereocenters. The van der Waals surface area contributed by atoms with Crippen LogP contribution < -0.4 is 5.32 Å². The van der Waals surface area contributed by atoms with Crippen LogP contribution in [-0.4, -0.2) is 41.3 Å². The van der Waals surface area contributed by atoms with Crippen molar-refractivity contribution < 1.29 is 10.2 Å². The Morgan fingerprint density at radius 3 is 2.75 bits per heavy atom. The molecule has 0 spiro atoms. The second-order valence-corrected chi connectivity index (χ2v) is 5.84. The summed E-state index contributed by atoms with van der Waals surface area (Å²) >= 11 is 0. The van der Waals surface area contributed by atoms with Gasteiger partial charge in [-0.15, -0.1) is 0 Å². The van der Waals surface area contributed by atoms with Gasteiger partial charge in [-0.25, -0.2) is 0 Å². The van der Waals surface area contributed by atoms with Crippen LogP contribution in [0.25, 0.3) is 0 Å². The Kier molecular flexibility index (Phi) is 5.68. The minimum atomic E-state index is -0.0493. The van der Waals surface area contributed by atoms with Gasteiger partial charge in [-0.2, -0.15) is 0 Å². The van der Waals surface area contributed by atoms with Crippen LogP contribution >= 0.6 is 0 Å². The van der Waals surface area contributed by atoms with Gasteiger partial charge < -0.3 is 20.4 Å². The van der Waals surface area contributed by atoms with Crippen LogP contribution in [0.2, 0.25) is 0 Å². The Bertz CT molecular complexity index is 415. The number of phenolic OH excluding ortho intramolecular Hbond substituents is 2. The van der Waals surface area contributed by atoms with Crippen molar-refractivity contribution in [2.75, 3.05) is 26.2 Å². The molecule has 0 amide bonds. The lowest BCUT2D eigenvalue weighted by Crippen LogP contribution is -2.34. The maximum atomic E-state index is 9.68. The zero-order chi connectivity index (χ0) is 14.4. The summed E-state index contributed by atoms with van der Waals surface area (Å²) in [4.78, 5) is 2.54. The summed E-state index contributed by atoms with van der Waals surface area (Å²) < 4.78 is 0. The zero-order valence-electron chi connectivity index (χ0n) is 12.3. The van der Waals surface area contributed by atoms with Crippen molar-refractivity contribution in [1.82, 2.24) is 10.2 Å². The largest absolute Gasteiger partial charge is 0.504 e. The highest BCUT2D eigenvalue weighted by Gasteiger charge is 2.14. The molecule has 1 fully saturated rings. The molecule has 1 aromatic rings. The SMILES string of the molecule is CC1CCN(CCCNCc2cccc(O)c2O)CC1. The molecule has 2 rings (SSSR count). The predicted octanol–water partition coefficient (Wildman–Crippen LogP) is 2.31. The lowest BCUT2D eigenvalue weighted by molar-refractivity contribution is 0.190. The highest BCUT2D eigenvalue weighted by molar-refractivity contribution is 5.44. The molecule has 4 nitrogen and oxygen atoms in total. The summed E-state index contributed by atoms with van der Waals surface area (Å²) in [5.74, 6) is 0.829. The van der Waals surface area contributed by atoms with Gasteiger partial charge in [0.25, 0.3) is 0 Å². The first kappa shape index (κ1) is 15.1. The molecule has 0 unspecified atom stereocenters. The van der Waals surface area contributed by atoms with Crippen molar-refractivity contribution in [2.24, 2.45) is 5.92 Å². The Labute approximate surface area is 121 Å². The molecule has 0 aromatic heterocycles. The van der Waals surface area contributed by atoms with Crippen molar-refractivity contribution >= 4 is 0 Å². The van der Waals surface area contributed by atoms with Gasteiger partial charge in [0.2, 0.25) is 0 Å². The number of hydrogen-bond acceptors (Lipinski definition) is 4. The maximum Gasteiger partial charge on any atom is 0.161 e. The molecule has 1 saturated heterocycles. The minimum Gasteiger partial charge on any atom is -0.504 e. The van der Waals surface area contributed by atoms with Gasteiger partial charge in [-0.05, 0) is 57.4 Å². The van der Waals surface area contributed by atoms with E-state index in [2.05, 4.69) is 17.1 Å². The van der Waals surface area contributed by atoms with Crippen LogP contribution in [0, 0.1) is 5.92 Å². The van der Waals surface area contributed by atoms with Crippen molar-refractivity contribution in [2.45, 2.75) is 32.7 Å². The van der Waals surface area contributed by atoms with Crippen LogP contribution in [-0.2, 0) is 6.54 Å². The maximum absolute atomic E-state index is 9.68. The molecule has 0 aliphatic carbocycles. The first-order chi connectivity index (χ1) is 9.66. The van der Waals surface area contributed by atoms with Gasteiger partial charge >= 0.3 is 0 Å². The molecular weight excluding hydrogens is 252 g/mol. The molecule has 3 N–H and O–H groups in total. The van der Waals surface area contributed by atoms with Crippen LogP contribution in [0.15, 0.2) is 18.2 Å². The highest BCUT2D eigenvalue weighted by atomic mass is 16.3. The number of nitrogens with zero attached hydrogens (tertiary/aromatic N) is 1. The normalized spacial score (nSPS) is 17.4. The monoisotopic (exact) mass is 278 g/mol. The van der Waals surface area contributed by atoms with Crippen molar-refractivity contribution in [3.63, 3.8) is 0 Å². The number of hydrogen-bond donors (Lipinski definition) is 3. The average Bonchev–Trinajstić information content (AvgIpc) is 2.45. The van der Waals surface area contributed by atoms with E-state index in [9.17, 15) is 10.2 Å². The molecule has 0 radical (unpaired) electrons. The van der Waals surface area contributed by atoms with Crippen LogP contribution in [0.5, 0.6) is 11.5 Å². The summed E-state index contributed by atoms with van der Waals surface area (Å²) in [7, 11) is 0. The van der Waals surface area contributed by atoms with E-state index < -0.39 is 0 Å². The van der Waals surface area contributed by atoms with Crippen LogP contribution in [0.1, 0.15) is 31.7 Å². The highest BCUT2D eigenvalue weighted by Crippen LogP contribution is 2.27. The van der Waals surface area contributed by atoms with Crippen molar-refractivity contribution in [1.29, 1.82) is 0 Å². The van der Waals surface area contributed by atoms with E-state index in [0.717, 1.165) is 31.0 Å². The summed E-state index contributed by atoms with van der Waals surface area (Å²) in [6, 6.07) is 5.07. The molecule has 4 heteroatoms. The Balaban J connectivity index is 1.61. The summed E-state index contributed by atoms with van der Waals surface area (Å²) in [6.45, 7) is 7.47. The van der Waals surface area contributed by atoms with Gasteiger partial charge in [0.1, 0.15) is 0 Å². The second-order valence-electron chi connectivity index (χ2n) is 5.84. The molecule has 1 aliphatic rings. The van der Waals surface area contributed by atoms with Gasteiger partial charge in [-0.3, -0.25) is 0 Å². The number of piperidine rings is 1. The number of benzene rings is 1. The second kappa shape index (κ2) is 7.50. The molecule has 20 heavy (non-hydrogen) atoms. The topological polar surface area (TPSA) is 55.7 Å². The standard InChI is InChI=1S/C16H26N2O2/c1-13-6-10-18(11-7-13)9-3-8-17-12-14-4-2-5-15(19)16(14)20/h2,4-5,13,17,19-20H,3,6-12H2,1H3. The third kappa shape index (κ3) is 4.39. The van der Waals surface area contributed by atoms with Gasteiger partial charge in [0.15, 0.2) is 11.5 Å². The van der Waals surface area contributed by atoms with Gasteiger partial charge in [-0.1, -0.05) is 19.1 Å². The molecule has 1 aromatic carbocycles. The number of phenols is 2. The van der Waals surface area contributed by atoms with E-state index in [-0.39, 0.29) is 11.5 Å². The third-order valence-electron chi connectivity index (χ3n) is 4.12. The number of para-hydroxylation sites is 1. The molecule has 1 heterocycles. The Morgan fingerprint density at radius 1 is 1.25 bits per heavy atom. The molecule has 1 aliphatic heterocycles. The molecule has 112 valence electrons. The quantitative estimate of drug-likeness (QED) is 0.552. The fourth-order valence-electron chi connectivity index (χ4n) is 2.66. The summed E-state index contributed by atoms with van der Waals surface area (Å²) in [6.07, 6.45) is 3.77.